The van der Waals surface area contributed by atoms with Gasteiger partial charge in [0.1, 0.15) is 11.1 Å². The Morgan fingerprint density at radius 1 is 1.06 bits per heavy atom. The van der Waals surface area contributed by atoms with E-state index in [0.29, 0.717) is 22.2 Å². The van der Waals surface area contributed by atoms with Crippen LogP contribution in [0, 0.1) is 0 Å². The molecule has 8 nitrogen and oxygen atoms in total. The summed E-state index contributed by atoms with van der Waals surface area (Å²) in [5.41, 5.74) is 0.570. The molecule has 4 rings (SSSR count). The number of ether oxygens (including phenoxy) is 3. The maximum absolute atomic E-state index is 13.8. The Balaban J connectivity index is 1.82. The fraction of sp³-hybridized carbons (Fsp3) is 0.346. The number of benzene rings is 2. The molecule has 1 aromatic heterocycles. The van der Waals surface area contributed by atoms with Crippen LogP contribution in [-0.2, 0) is 4.74 Å². The van der Waals surface area contributed by atoms with Crippen LogP contribution in [0.4, 0.5) is 0 Å². The number of hydrogen-bond donors (Lipinski definition) is 1. The molecular weight excluding hydrogens is 468 g/mol. The van der Waals surface area contributed by atoms with Crippen LogP contribution in [0.2, 0.25) is 0 Å². The van der Waals surface area contributed by atoms with E-state index in [-0.39, 0.29) is 16.9 Å². The van der Waals surface area contributed by atoms with Crippen molar-refractivity contribution in [3.63, 3.8) is 0 Å². The fourth-order valence-electron chi connectivity index (χ4n) is 4.14. The number of esters is 1. The zero-order valence-electron chi connectivity index (χ0n) is 19.9. The molecule has 1 aliphatic heterocycles. The largest absolute Gasteiger partial charge is 0.493 e. The number of nitrogens with zero attached hydrogens (tertiary/aromatic N) is 2. The molecule has 184 valence electrons. The van der Waals surface area contributed by atoms with Crippen molar-refractivity contribution in [2.75, 3.05) is 20.0 Å². The van der Waals surface area contributed by atoms with E-state index in [9.17, 15) is 14.7 Å². The maximum Gasteiger partial charge on any atom is 0.343 e. The van der Waals surface area contributed by atoms with Crippen LogP contribution in [0.15, 0.2) is 52.4 Å². The second-order valence-corrected chi connectivity index (χ2v) is 9.13. The lowest BCUT2D eigenvalue weighted by molar-refractivity contribution is 0.0447. The normalized spacial score (nSPS) is 14.5. The van der Waals surface area contributed by atoms with E-state index in [1.54, 1.807) is 24.3 Å². The summed E-state index contributed by atoms with van der Waals surface area (Å²) in [4.78, 5) is 31.0. The number of thioether (sulfide) groups is 1. The van der Waals surface area contributed by atoms with Crippen LogP contribution >= 0.6 is 11.8 Å². The number of carbonyl (C=O) groups excluding carboxylic acids is 1. The first-order valence-electron chi connectivity index (χ1n) is 11.5. The molecule has 0 unspecified atom stereocenters. The molecule has 0 bridgehead atoms. The average Bonchev–Trinajstić information content (AvgIpc) is 3.19. The van der Waals surface area contributed by atoms with E-state index in [4.69, 9.17) is 14.2 Å². The number of rotatable bonds is 10. The predicted octanol–water partition coefficient (Wildman–Crippen LogP) is 4.89. The van der Waals surface area contributed by atoms with Crippen LogP contribution < -0.4 is 15.0 Å². The number of cyclic esters (lactones) is 1. The summed E-state index contributed by atoms with van der Waals surface area (Å²) in [6.07, 6.45) is 3.20. The van der Waals surface area contributed by atoms with Gasteiger partial charge in [0.25, 0.3) is 5.56 Å². The minimum Gasteiger partial charge on any atom is -0.493 e. The van der Waals surface area contributed by atoms with Gasteiger partial charge in [-0.15, -0.1) is 0 Å². The molecule has 3 aromatic rings. The third-order valence-electron chi connectivity index (χ3n) is 5.86. The van der Waals surface area contributed by atoms with Crippen molar-refractivity contribution in [2.24, 2.45) is 0 Å². The van der Waals surface area contributed by atoms with Crippen LogP contribution in [0.1, 0.15) is 60.2 Å². The highest BCUT2D eigenvalue weighted by Crippen LogP contribution is 2.45. The van der Waals surface area contributed by atoms with Gasteiger partial charge in [0.2, 0.25) is 5.88 Å². The van der Waals surface area contributed by atoms with Crippen LogP contribution in [0.3, 0.4) is 0 Å². The Bertz CT molecular complexity index is 1280. The van der Waals surface area contributed by atoms with E-state index >= 15 is 0 Å². The molecule has 0 amide bonds. The lowest BCUT2D eigenvalue weighted by Crippen LogP contribution is -2.27. The lowest BCUT2D eigenvalue weighted by Gasteiger charge is -2.17. The van der Waals surface area contributed by atoms with Crippen LogP contribution in [0.5, 0.6) is 17.4 Å². The molecule has 0 aliphatic carbocycles. The van der Waals surface area contributed by atoms with E-state index in [2.05, 4.69) is 11.9 Å². The highest BCUT2D eigenvalue weighted by atomic mass is 32.2. The first-order valence-corrected chi connectivity index (χ1v) is 12.5. The molecule has 9 heteroatoms. The molecule has 0 fully saturated rings. The topological polar surface area (TPSA) is 99.9 Å². The maximum atomic E-state index is 13.8. The number of aromatic hydroxyl groups is 1. The van der Waals surface area contributed by atoms with Crippen molar-refractivity contribution < 1.29 is 24.1 Å². The van der Waals surface area contributed by atoms with Crippen LogP contribution in [-0.4, -0.2) is 40.6 Å². The van der Waals surface area contributed by atoms with Gasteiger partial charge >= 0.3 is 5.97 Å². The Morgan fingerprint density at radius 3 is 2.51 bits per heavy atom. The highest BCUT2D eigenvalue weighted by Gasteiger charge is 2.40. The second-order valence-electron chi connectivity index (χ2n) is 8.07. The smallest absolute Gasteiger partial charge is 0.343 e. The first-order chi connectivity index (χ1) is 17.0. The lowest BCUT2D eigenvalue weighted by atomic mass is 9.99. The van der Waals surface area contributed by atoms with Crippen molar-refractivity contribution >= 4 is 17.7 Å². The van der Waals surface area contributed by atoms with Gasteiger partial charge in [0.15, 0.2) is 22.8 Å². The van der Waals surface area contributed by atoms with Crippen molar-refractivity contribution in [2.45, 2.75) is 43.9 Å². The summed E-state index contributed by atoms with van der Waals surface area (Å²) in [6, 6.07) is 12.4. The molecule has 0 radical (unpaired) electrons. The van der Waals surface area contributed by atoms with Crippen molar-refractivity contribution in [1.82, 2.24) is 9.55 Å². The molecule has 1 aliphatic rings. The molecule has 0 spiro atoms. The van der Waals surface area contributed by atoms with Gasteiger partial charge < -0.3 is 19.3 Å². The van der Waals surface area contributed by atoms with Crippen molar-refractivity contribution in [3.8, 4) is 23.1 Å². The summed E-state index contributed by atoms with van der Waals surface area (Å²) >= 11 is 1.42. The van der Waals surface area contributed by atoms with E-state index in [1.165, 1.54) is 30.5 Å². The number of carbonyl (C=O) groups is 1. The first kappa shape index (κ1) is 24.7. The predicted molar refractivity (Wildman–Crippen MR) is 133 cm³/mol. The number of hydrogen-bond acceptors (Lipinski definition) is 8. The Morgan fingerprint density at radius 2 is 1.83 bits per heavy atom. The molecule has 0 saturated heterocycles. The minimum absolute atomic E-state index is 0.108. The van der Waals surface area contributed by atoms with Gasteiger partial charge in [-0.25, -0.2) is 4.79 Å². The Hall–Kier alpha value is -3.46. The third-order valence-corrected chi connectivity index (χ3v) is 6.89. The zero-order chi connectivity index (χ0) is 24.9. The molecule has 2 heterocycles. The number of fused-ring (bicyclic) bond motifs is 1. The monoisotopic (exact) mass is 496 g/mol. The van der Waals surface area contributed by atoms with Gasteiger partial charge in [-0.1, -0.05) is 62.2 Å². The Kier molecular flexibility index (Phi) is 7.65. The van der Waals surface area contributed by atoms with Crippen molar-refractivity contribution in [3.05, 3.63) is 69.5 Å². The molecule has 1 atom stereocenters. The number of methoxy groups -OCH3 is 2. The van der Waals surface area contributed by atoms with E-state index in [0.717, 1.165) is 31.4 Å². The third kappa shape index (κ3) is 4.73. The SMILES string of the molecule is CCCCCCSc1nc(O)c([C@@H]2OC(=O)c3c2ccc(OC)c3OC)c(=O)n1-c1ccccc1. The molecule has 2 aromatic carbocycles. The van der Waals surface area contributed by atoms with Gasteiger partial charge in [-0.05, 0) is 24.6 Å². The number of para-hydroxylation sites is 1. The van der Waals surface area contributed by atoms with Gasteiger partial charge in [0, 0.05) is 11.3 Å². The summed E-state index contributed by atoms with van der Waals surface area (Å²) in [5.74, 6) is 0.213. The highest BCUT2D eigenvalue weighted by molar-refractivity contribution is 7.99. The van der Waals surface area contributed by atoms with Gasteiger partial charge in [-0.2, -0.15) is 4.98 Å². The standard InChI is InChI=1S/C26H28N2O6S/c1-4-5-6-10-15-35-26-27-23(29)20(24(30)28(26)16-11-8-7-9-12-16)21-17-13-14-18(32-2)22(33-3)19(17)25(31)34-21/h7-9,11-14,21,29H,4-6,10,15H2,1-3H3/t21-/m1/s1. The van der Waals surface area contributed by atoms with Gasteiger partial charge in [-0.3, -0.25) is 9.36 Å². The van der Waals surface area contributed by atoms with E-state index in [1.807, 2.05) is 18.2 Å². The number of aromatic nitrogens is 2. The average molecular weight is 497 g/mol. The molecule has 35 heavy (non-hydrogen) atoms. The Labute approximate surface area is 207 Å². The molecule has 0 saturated carbocycles. The summed E-state index contributed by atoms with van der Waals surface area (Å²) in [5, 5.41) is 11.3. The van der Waals surface area contributed by atoms with E-state index < -0.39 is 23.5 Å². The second kappa shape index (κ2) is 10.9. The number of unbranched alkanes of at least 4 members (excludes halogenated alkanes) is 3. The summed E-state index contributed by atoms with van der Waals surface area (Å²) in [7, 11) is 2.89. The zero-order valence-corrected chi connectivity index (χ0v) is 20.8. The molecular formula is C26H28N2O6S. The summed E-state index contributed by atoms with van der Waals surface area (Å²) < 4.78 is 17.7. The van der Waals surface area contributed by atoms with Gasteiger partial charge in [0.05, 0.1) is 19.9 Å². The fourth-order valence-corrected chi connectivity index (χ4v) is 5.14. The summed E-state index contributed by atoms with van der Waals surface area (Å²) in [6.45, 7) is 2.15. The van der Waals surface area contributed by atoms with Crippen LogP contribution in [0.25, 0.3) is 5.69 Å². The quantitative estimate of drug-likeness (QED) is 0.183. The molecule has 1 N–H and O–H groups in total. The minimum atomic E-state index is -1.13. The van der Waals surface area contributed by atoms with Crippen molar-refractivity contribution in [1.29, 1.82) is 0 Å².